The van der Waals surface area contributed by atoms with E-state index in [-0.39, 0.29) is 18.9 Å². The minimum atomic E-state index is -1.31. The maximum atomic E-state index is 13.4. The zero-order valence-electron chi connectivity index (χ0n) is 19.7. The molecule has 12 nitrogen and oxygen atoms in total. The first-order valence-corrected chi connectivity index (χ1v) is 11.1. The number of amides is 4. The average molecular weight is 485 g/mol. The Bertz CT molecular complexity index is 991. The third-order valence-corrected chi connectivity index (χ3v) is 4.93. The first-order chi connectivity index (χ1) is 16.0. The van der Waals surface area contributed by atoms with Gasteiger partial charge in [0.1, 0.15) is 6.04 Å². The van der Waals surface area contributed by atoms with Crippen LogP contribution in [0.25, 0.3) is 0 Å². The summed E-state index contributed by atoms with van der Waals surface area (Å²) in [7, 11) is 1.31. The van der Waals surface area contributed by atoms with Crippen LogP contribution in [0.3, 0.4) is 0 Å². The van der Waals surface area contributed by atoms with Gasteiger partial charge in [-0.3, -0.25) is 24.2 Å². The van der Waals surface area contributed by atoms with Crippen LogP contribution in [0.15, 0.2) is 15.8 Å². The van der Waals surface area contributed by atoms with Gasteiger partial charge < -0.3 is 21.3 Å². The number of H-pyrrole nitrogens is 1. The SMILES string of the molecule is CCCCCCCC(=O)NC(CC(N)=O)C(=O)N[C@H](C)CN(C)C(=O)n1cc(F)c(=O)[nH]c1=O. The molecular formula is C21H33FN6O6. The lowest BCUT2D eigenvalue weighted by molar-refractivity contribution is -0.131. The monoisotopic (exact) mass is 484 g/mol. The van der Waals surface area contributed by atoms with E-state index in [0.29, 0.717) is 17.2 Å². The molecule has 1 unspecified atom stereocenters. The summed E-state index contributed by atoms with van der Waals surface area (Å²) in [6, 6.07) is -2.79. The van der Waals surface area contributed by atoms with Crippen molar-refractivity contribution in [3.63, 3.8) is 0 Å². The van der Waals surface area contributed by atoms with Crippen molar-refractivity contribution in [2.75, 3.05) is 13.6 Å². The summed E-state index contributed by atoms with van der Waals surface area (Å²) in [5.74, 6) is -3.13. The normalized spacial score (nSPS) is 12.5. The standard InChI is InChI=1S/C21H33FN6O6/c1-4-5-6-7-8-9-17(30)25-15(10-16(23)29)19(32)24-13(2)11-27(3)21(34)28-12-14(22)18(31)26-20(28)33/h12-13,15H,4-11H2,1-3H3,(H2,23,29)(H,24,32)(H,25,30)(H,26,31,33)/t13-,15?/m1/s1. The number of aromatic nitrogens is 2. The van der Waals surface area contributed by atoms with E-state index in [2.05, 4.69) is 17.6 Å². The molecular weight excluding hydrogens is 451 g/mol. The Balaban J connectivity index is 2.70. The van der Waals surface area contributed by atoms with Crippen molar-refractivity contribution in [2.24, 2.45) is 5.73 Å². The number of halogens is 1. The minimum absolute atomic E-state index is 0.105. The number of unbranched alkanes of at least 4 members (excludes halogenated alkanes) is 4. The molecule has 0 radical (unpaired) electrons. The summed E-state index contributed by atoms with van der Waals surface area (Å²) in [5, 5.41) is 5.08. The highest BCUT2D eigenvalue weighted by atomic mass is 19.1. The smallest absolute Gasteiger partial charge is 0.336 e. The molecule has 0 spiro atoms. The molecule has 190 valence electrons. The molecule has 1 rings (SSSR count). The van der Waals surface area contributed by atoms with E-state index in [0.717, 1.165) is 30.6 Å². The molecule has 0 aromatic carbocycles. The first-order valence-electron chi connectivity index (χ1n) is 11.1. The van der Waals surface area contributed by atoms with E-state index in [1.165, 1.54) is 7.05 Å². The second-order valence-electron chi connectivity index (χ2n) is 8.13. The lowest BCUT2D eigenvalue weighted by atomic mass is 10.1. The van der Waals surface area contributed by atoms with Crippen molar-refractivity contribution in [3.8, 4) is 0 Å². The number of primary amides is 1. The van der Waals surface area contributed by atoms with Gasteiger partial charge in [-0.05, 0) is 13.3 Å². The number of carbonyl (C=O) groups excluding carboxylic acids is 4. The van der Waals surface area contributed by atoms with Gasteiger partial charge in [-0.25, -0.2) is 14.2 Å². The second-order valence-corrected chi connectivity index (χ2v) is 8.13. The highest BCUT2D eigenvalue weighted by Crippen LogP contribution is 2.05. The highest BCUT2D eigenvalue weighted by Gasteiger charge is 2.25. The summed E-state index contributed by atoms with van der Waals surface area (Å²) in [6.45, 7) is 3.53. The third-order valence-electron chi connectivity index (χ3n) is 4.93. The second kappa shape index (κ2) is 13.9. The molecule has 5 N–H and O–H groups in total. The Morgan fingerprint density at radius 2 is 1.79 bits per heavy atom. The molecule has 4 amide bonds. The van der Waals surface area contributed by atoms with Crippen LogP contribution >= 0.6 is 0 Å². The van der Waals surface area contributed by atoms with Crippen LogP contribution in [0.1, 0.15) is 58.8 Å². The molecule has 1 aromatic heterocycles. The quantitative estimate of drug-likeness (QED) is 0.282. The number of rotatable bonds is 13. The molecule has 1 aromatic rings. The molecule has 0 aliphatic heterocycles. The van der Waals surface area contributed by atoms with E-state index in [1.54, 1.807) is 11.9 Å². The van der Waals surface area contributed by atoms with Gasteiger partial charge in [0, 0.05) is 26.1 Å². The lowest BCUT2D eigenvalue weighted by Gasteiger charge is -2.25. The van der Waals surface area contributed by atoms with Crippen LogP contribution in [0, 0.1) is 5.82 Å². The first kappa shape index (κ1) is 28.5. The molecule has 0 saturated carbocycles. The largest absolute Gasteiger partial charge is 0.370 e. The van der Waals surface area contributed by atoms with Gasteiger partial charge >= 0.3 is 11.7 Å². The molecule has 2 atom stereocenters. The maximum absolute atomic E-state index is 13.4. The van der Waals surface area contributed by atoms with Gasteiger partial charge in [0.25, 0.3) is 5.56 Å². The van der Waals surface area contributed by atoms with Gasteiger partial charge in [0.15, 0.2) is 0 Å². The number of hydrogen-bond donors (Lipinski definition) is 4. The van der Waals surface area contributed by atoms with Crippen molar-refractivity contribution in [1.29, 1.82) is 0 Å². The Morgan fingerprint density at radius 1 is 1.15 bits per heavy atom. The molecule has 0 fully saturated rings. The Morgan fingerprint density at radius 3 is 2.41 bits per heavy atom. The fourth-order valence-electron chi connectivity index (χ4n) is 3.22. The summed E-state index contributed by atoms with van der Waals surface area (Å²) < 4.78 is 13.8. The van der Waals surface area contributed by atoms with E-state index < -0.39 is 53.4 Å². The molecule has 0 bridgehead atoms. The average Bonchev–Trinajstić information content (AvgIpc) is 2.74. The van der Waals surface area contributed by atoms with Gasteiger partial charge in [-0.2, -0.15) is 4.39 Å². The topological polar surface area (TPSA) is 176 Å². The minimum Gasteiger partial charge on any atom is -0.370 e. The van der Waals surface area contributed by atoms with Crippen molar-refractivity contribution in [3.05, 3.63) is 32.9 Å². The van der Waals surface area contributed by atoms with Crippen molar-refractivity contribution in [2.45, 2.75) is 70.9 Å². The summed E-state index contributed by atoms with van der Waals surface area (Å²) >= 11 is 0. The Kier molecular flexibility index (Phi) is 11.7. The number of carbonyl (C=O) groups is 4. The number of likely N-dealkylation sites (N-methyl/N-ethyl adjacent to an activating group) is 1. The van der Waals surface area contributed by atoms with Gasteiger partial charge in [0.2, 0.25) is 23.5 Å². The van der Waals surface area contributed by atoms with Gasteiger partial charge in [-0.15, -0.1) is 0 Å². The van der Waals surface area contributed by atoms with Crippen LogP contribution in [0.4, 0.5) is 9.18 Å². The fourth-order valence-corrected chi connectivity index (χ4v) is 3.22. The van der Waals surface area contributed by atoms with Crippen LogP contribution in [0.2, 0.25) is 0 Å². The van der Waals surface area contributed by atoms with Gasteiger partial charge in [-0.1, -0.05) is 32.6 Å². The predicted molar refractivity (Wildman–Crippen MR) is 121 cm³/mol. The zero-order valence-corrected chi connectivity index (χ0v) is 19.7. The third kappa shape index (κ3) is 9.55. The summed E-state index contributed by atoms with van der Waals surface area (Å²) in [6.07, 6.45) is 4.99. The number of nitrogens with one attached hydrogen (secondary N) is 3. The summed E-state index contributed by atoms with van der Waals surface area (Å²) in [5.41, 5.74) is 2.84. The zero-order chi connectivity index (χ0) is 25.8. The summed E-state index contributed by atoms with van der Waals surface area (Å²) in [4.78, 5) is 74.2. The Labute approximate surface area is 196 Å². The molecule has 0 saturated heterocycles. The number of hydrogen-bond acceptors (Lipinski definition) is 6. The van der Waals surface area contributed by atoms with E-state index in [4.69, 9.17) is 5.73 Å². The Hall–Kier alpha value is -3.51. The molecule has 13 heteroatoms. The molecule has 0 aliphatic carbocycles. The molecule has 1 heterocycles. The van der Waals surface area contributed by atoms with Crippen molar-refractivity contribution in [1.82, 2.24) is 25.1 Å². The molecule has 0 aliphatic rings. The highest BCUT2D eigenvalue weighted by molar-refractivity contribution is 5.91. The number of nitrogens with zero attached hydrogens (tertiary/aromatic N) is 2. The van der Waals surface area contributed by atoms with Gasteiger partial charge in [0.05, 0.1) is 12.6 Å². The maximum Gasteiger partial charge on any atom is 0.336 e. The molecule has 34 heavy (non-hydrogen) atoms. The van der Waals surface area contributed by atoms with E-state index in [1.807, 2.05) is 0 Å². The number of aromatic amines is 1. The van der Waals surface area contributed by atoms with E-state index in [9.17, 15) is 33.2 Å². The van der Waals surface area contributed by atoms with Crippen LogP contribution in [-0.2, 0) is 14.4 Å². The predicted octanol–water partition coefficient (Wildman–Crippen LogP) is -0.199. The van der Waals surface area contributed by atoms with Crippen LogP contribution < -0.4 is 27.6 Å². The van der Waals surface area contributed by atoms with E-state index >= 15 is 0 Å². The van der Waals surface area contributed by atoms with Crippen molar-refractivity contribution >= 4 is 23.8 Å². The van der Waals surface area contributed by atoms with Crippen LogP contribution in [0.5, 0.6) is 0 Å². The van der Waals surface area contributed by atoms with Crippen molar-refractivity contribution < 1.29 is 23.6 Å². The number of nitrogens with two attached hydrogens (primary N) is 1. The van der Waals surface area contributed by atoms with Crippen LogP contribution in [-0.4, -0.2) is 63.9 Å². The lowest BCUT2D eigenvalue weighted by Crippen LogP contribution is -2.53. The fraction of sp³-hybridized carbons (Fsp3) is 0.619.